The van der Waals surface area contributed by atoms with Gasteiger partial charge in [-0.2, -0.15) is 0 Å². The molecule has 2 N–H and O–H groups in total. The van der Waals surface area contributed by atoms with Crippen LogP contribution in [0.5, 0.6) is 5.75 Å². The van der Waals surface area contributed by atoms with E-state index >= 15 is 0 Å². The summed E-state index contributed by atoms with van der Waals surface area (Å²) < 4.78 is 19.3. The molecular formula is C16H15FN2O2. The van der Waals surface area contributed by atoms with Gasteiger partial charge in [-0.1, -0.05) is 6.07 Å². The maximum Gasteiger partial charge on any atom is 0.272 e. The highest BCUT2D eigenvalue weighted by Gasteiger charge is 2.32. The molecule has 5 heteroatoms. The first-order chi connectivity index (χ1) is 9.97. The summed E-state index contributed by atoms with van der Waals surface area (Å²) in [6, 6.07) is 9.90. The van der Waals surface area contributed by atoms with Crippen LogP contribution in [0.25, 0.3) is 0 Å². The Balaban J connectivity index is 2.18. The molecule has 1 unspecified atom stereocenters. The number of nitrogens with zero attached hydrogens (tertiary/aromatic N) is 1. The Bertz CT molecular complexity index is 730. The second-order valence-electron chi connectivity index (χ2n) is 5.11. The molecule has 1 aliphatic heterocycles. The first-order valence-corrected chi connectivity index (χ1v) is 6.63. The summed E-state index contributed by atoms with van der Waals surface area (Å²) in [6.45, 7) is 3.59. The third-order valence-electron chi connectivity index (χ3n) is 3.47. The van der Waals surface area contributed by atoms with Crippen LogP contribution in [0, 0.1) is 12.7 Å². The molecule has 4 nitrogen and oxygen atoms in total. The molecule has 108 valence electrons. The molecule has 0 aromatic heterocycles. The van der Waals surface area contributed by atoms with Crippen LogP contribution in [0.2, 0.25) is 0 Å². The van der Waals surface area contributed by atoms with Crippen molar-refractivity contribution in [2.75, 3.05) is 10.6 Å². The normalized spacial score (nSPS) is 17.4. The van der Waals surface area contributed by atoms with Crippen molar-refractivity contribution in [3.05, 3.63) is 47.8 Å². The van der Waals surface area contributed by atoms with E-state index in [1.54, 1.807) is 13.0 Å². The van der Waals surface area contributed by atoms with Crippen LogP contribution in [0.4, 0.5) is 21.5 Å². The van der Waals surface area contributed by atoms with Gasteiger partial charge in [0.1, 0.15) is 11.6 Å². The molecule has 2 aromatic rings. The predicted octanol–water partition coefficient (Wildman–Crippen LogP) is 3.16. The van der Waals surface area contributed by atoms with Gasteiger partial charge in [0.25, 0.3) is 5.91 Å². The summed E-state index contributed by atoms with van der Waals surface area (Å²) in [5.74, 6) is -0.184. The molecule has 3 rings (SSSR count). The summed E-state index contributed by atoms with van der Waals surface area (Å²) in [5, 5.41) is 0. The Hall–Kier alpha value is -2.56. The average Bonchev–Trinajstić information content (AvgIpc) is 2.44. The van der Waals surface area contributed by atoms with Gasteiger partial charge in [-0.25, -0.2) is 4.39 Å². The number of halogens is 1. The van der Waals surface area contributed by atoms with Gasteiger partial charge in [0, 0.05) is 6.07 Å². The lowest BCUT2D eigenvalue weighted by Crippen LogP contribution is -2.41. The number of carbonyl (C=O) groups excluding carboxylic acids is 1. The molecule has 1 atom stereocenters. The van der Waals surface area contributed by atoms with Gasteiger partial charge >= 0.3 is 0 Å². The Kier molecular flexibility index (Phi) is 3.05. The first-order valence-electron chi connectivity index (χ1n) is 6.63. The van der Waals surface area contributed by atoms with Crippen molar-refractivity contribution in [2.24, 2.45) is 0 Å². The smallest absolute Gasteiger partial charge is 0.272 e. The first kappa shape index (κ1) is 13.4. The van der Waals surface area contributed by atoms with Crippen LogP contribution in [0.1, 0.15) is 12.5 Å². The minimum absolute atomic E-state index is 0.0528. The van der Waals surface area contributed by atoms with E-state index in [9.17, 15) is 9.18 Å². The zero-order chi connectivity index (χ0) is 15.1. The highest BCUT2D eigenvalue weighted by atomic mass is 19.1. The molecule has 0 saturated carbocycles. The standard InChI is InChI=1S/C16H15FN2O2/c1-9-3-6-15-14(7-9)19(16(20)10(2)21-15)11-4-5-13(18)12(17)8-11/h3-8,10H,18H2,1-2H3. The summed E-state index contributed by atoms with van der Waals surface area (Å²) >= 11 is 0. The van der Waals surface area contributed by atoms with E-state index in [1.165, 1.54) is 17.0 Å². The number of benzene rings is 2. The Morgan fingerprint density at radius 2 is 2.00 bits per heavy atom. The molecule has 0 fully saturated rings. The number of aryl methyl sites for hydroxylation is 1. The Labute approximate surface area is 121 Å². The SMILES string of the molecule is Cc1ccc2c(c1)N(c1ccc(N)c(F)c1)C(=O)C(C)O2. The number of anilines is 3. The third kappa shape index (κ3) is 2.20. The van der Waals surface area contributed by atoms with Crippen molar-refractivity contribution in [3.8, 4) is 5.75 Å². The quantitative estimate of drug-likeness (QED) is 0.819. The number of fused-ring (bicyclic) bond motifs is 1. The zero-order valence-electron chi connectivity index (χ0n) is 11.8. The fraction of sp³-hybridized carbons (Fsp3) is 0.188. The van der Waals surface area contributed by atoms with Crippen molar-refractivity contribution >= 4 is 23.0 Å². The minimum Gasteiger partial charge on any atom is -0.479 e. The van der Waals surface area contributed by atoms with E-state index in [0.717, 1.165) is 5.56 Å². The van der Waals surface area contributed by atoms with Crippen molar-refractivity contribution in [2.45, 2.75) is 20.0 Å². The number of amides is 1. The number of nitrogens with two attached hydrogens (primary N) is 1. The van der Waals surface area contributed by atoms with E-state index < -0.39 is 11.9 Å². The molecule has 0 bridgehead atoms. The number of nitrogen functional groups attached to an aromatic ring is 1. The van der Waals surface area contributed by atoms with Gasteiger partial charge in [0.15, 0.2) is 6.10 Å². The summed E-state index contributed by atoms with van der Waals surface area (Å²) in [4.78, 5) is 13.9. The Morgan fingerprint density at radius 3 is 2.71 bits per heavy atom. The fourth-order valence-electron chi connectivity index (χ4n) is 2.36. The molecule has 0 saturated heterocycles. The second-order valence-corrected chi connectivity index (χ2v) is 5.11. The zero-order valence-corrected chi connectivity index (χ0v) is 11.8. The molecule has 1 aliphatic rings. The van der Waals surface area contributed by atoms with Gasteiger partial charge in [-0.05, 0) is 43.7 Å². The molecule has 0 aliphatic carbocycles. The Morgan fingerprint density at radius 1 is 1.24 bits per heavy atom. The number of hydrogen-bond donors (Lipinski definition) is 1. The van der Waals surface area contributed by atoms with E-state index in [-0.39, 0.29) is 11.6 Å². The highest BCUT2D eigenvalue weighted by molar-refractivity contribution is 6.06. The van der Waals surface area contributed by atoms with Crippen LogP contribution in [0.3, 0.4) is 0 Å². The van der Waals surface area contributed by atoms with Crippen molar-refractivity contribution in [1.29, 1.82) is 0 Å². The van der Waals surface area contributed by atoms with Crippen LogP contribution in [-0.4, -0.2) is 12.0 Å². The van der Waals surface area contributed by atoms with Gasteiger partial charge in [-0.3, -0.25) is 9.69 Å². The average molecular weight is 286 g/mol. The predicted molar refractivity (Wildman–Crippen MR) is 79.2 cm³/mol. The molecule has 21 heavy (non-hydrogen) atoms. The van der Waals surface area contributed by atoms with E-state index in [2.05, 4.69) is 0 Å². The van der Waals surface area contributed by atoms with Gasteiger partial charge in [0.2, 0.25) is 0 Å². The fourth-order valence-corrected chi connectivity index (χ4v) is 2.36. The molecule has 1 heterocycles. The minimum atomic E-state index is -0.624. The number of carbonyl (C=O) groups is 1. The third-order valence-corrected chi connectivity index (χ3v) is 3.47. The topological polar surface area (TPSA) is 55.6 Å². The lowest BCUT2D eigenvalue weighted by Gasteiger charge is -2.33. The molecule has 1 amide bonds. The second kappa shape index (κ2) is 4.77. The lowest BCUT2D eigenvalue weighted by molar-refractivity contribution is -0.124. The van der Waals surface area contributed by atoms with E-state index in [4.69, 9.17) is 10.5 Å². The maximum absolute atomic E-state index is 13.7. The number of rotatable bonds is 1. The van der Waals surface area contributed by atoms with Crippen molar-refractivity contribution in [3.63, 3.8) is 0 Å². The summed E-state index contributed by atoms with van der Waals surface area (Å²) in [5.41, 5.74) is 7.59. The van der Waals surface area contributed by atoms with Crippen molar-refractivity contribution in [1.82, 2.24) is 0 Å². The van der Waals surface area contributed by atoms with Gasteiger partial charge in [0.05, 0.1) is 17.1 Å². The summed E-state index contributed by atoms with van der Waals surface area (Å²) in [7, 11) is 0. The van der Waals surface area contributed by atoms with Gasteiger partial charge in [-0.15, -0.1) is 0 Å². The van der Waals surface area contributed by atoms with Crippen LogP contribution in [0.15, 0.2) is 36.4 Å². The van der Waals surface area contributed by atoms with E-state index in [1.807, 2.05) is 25.1 Å². The van der Waals surface area contributed by atoms with Crippen LogP contribution < -0.4 is 15.4 Å². The summed E-state index contributed by atoms with van der Waals surface area (Å²) in [6.07, 6.45) is -0.624. The molecular weight excluding hydrogens is 271 g/mol. The number of hydrogen-bond acceptors (Lipinski definition) is 3. The lowest BCUT2D eigenvalue weighted by atomic mass is 10.1. The van der Waals surface area contributed by atoms with Crippen LogP contribution in [-0.2, 0) is 4.79 Å². The molecule has 0 spiro atoms. The monoisotopic (exact) mass is 286 g/mol. The molecule has 0 radical (unpaired) electrons. The van der Waals surface area contributed by atoms with Gasteiger partial charge < -0.3 is 10.5 Å². The highest BCUT2D eigenvalue weighted by Crippen LogP contribution is 2.39. The largest absolute Gasteiger partial charge is 0.479 e. The molecule has 2 aromatic carbocycles. The van der Waals surface area contributed by atoms with Crippen molar-refractivity contribution < 1.29 is 13.9 Å². The maximum atomic E-state index is 13.7. The van der Waals surface area contributed by atoms with E-state index in [0.29, 0.717) is 17.1 Å². The number of ether oxygens (including phenoxy) is 1. The van der Waals surface area contributed by atoms with Crippen LogP contribution >= 0.6 is 0 Å².